The molecule has 6 heteroatoms. The molecule has 4 N–H and O–H groups in total. The Labute approximate surface area is 117 Å². The van der Waals surface area contributed by atoms with E-state index in [2.05, 4.69) is 15.5 Å². The molecule has 6 nitrogen and oxygen atoms in total. The van der Waals surface area contributed by atoms with Crippen LogP contribution in [0.4, 0.5) is 0 Å². The number of nitrogens with zero attached hydrogens (tertiary/aromatic N) is 1. The van der Waals surface area contributed by atoms with Crippen molar-refractivity contribution in [2.45, 2.75) is 38.1 Å². The highest BCUT2D eigenvalue weighted by Gasteiger charge is 2.28. The summed E-state index contributed by atoms with van der Waals surface area (Å²) in [5, 5.41) is 9.52. The van der Waals surface area contributed by atoms with Crippen molar-refractivity contribution in [2.75, 3.05) is 0 Å². The lowest BCUT2D eigenvalue weighted by Gasteiger charge is -2.26. The molecule has 0 radical (unpaired) electrons. The number of amides is 2. The standard InChI is InChI=1S/C14H20N4O2/c15-14(20)11-5-1-2-6-12(11)18-13(19)7-3-4-10-8-16-17-9-10/h1-2,8-9,11-12H,3-7H2,(H2,15,20)(H,16,17)(H,18,19)/t11-,12-/m1/s1. The van der Waals surface area contributed by atoms with Crippen molar-refractivity contribution in [1.29, 1.82) is 0 Å². The van der Waals surface area contributed by atoms with Gasteiger partial charge in [-0.1, -0.05) is 12.2 Å². The highest BCUT2D eigenvalue weighted by molar-refractivity contribution is 5.80. The number of H-pyrrole nitrogens is 1. The maximum Gasteiger partial charge on any atom is 0.222 e. The summed E-state index contributed by atoms with van der Waals surface area (Å²) in [6.45, 7) is 0. The van der Waals surface area contributed by atoms with Crippen LogP contribution in [0.1, 0.15) is 31.2 Å². The molecule has 1 aliphatic carbocycles. The van der Waals surface area contributed by atoms with Crippen LogP contribution in [-0.2, 0) is 16.0 Å². The molecule has 0 bridgehead atoms. The van der Waals surface area contributed by atoms with Gasteiger partial charge in [0, 0.05) is 18.7 Å². The summed E-state index contributed by atoms with van der Waals surface area (Å²) in [6.07, 6.45) is 10.8. The Morgan fingerprint density at radius 1 is 1.40 bits per heavy atom. The molecule has 2 atom stereocenters. The van der Waals surface area contributed by atoms with Crippen LogP contribution in [0.15, 0.2) is 24.5 Å². The van der Waals surface area contributed by atoms with E-state index < -0.39 is 0 Å². The first-order valence-electron chi connectivity index (χ1n) is 6.88. The summed E-state index contributed by atoms with van der Waals surface area (Å²) in [6, 6.07) is -0.168. The average molecular weight is 276 g/mol. The van der Waals surface area contributed by atoms with Gasteiger partial charge in [-0.15, -0.1) is 0 Å². The van der Waals surface area contributed by atoms with Crippen molar-refractivity contribution < 1.29 is 9.59 Å². The lowest BCUT2D eigenvalue weighted by molar-refractivity contribution is -0.125. The number of aryl methyl sites for hydroxylation is 1. The van der Waals surface area contributed by atoms with Gasteiger partial charge in [-0.05, 0) is 31.2 Å². The number of nitrogens with two attached hydrogens (primary N) is 1. The number of carbonyl (C=O) groups is 2. The smallest absolute Gasteiger partial charge is 0.222 e. The molecule has 108 valence electrons. The number of allylic oxidation sites excluding steroid dienone is 1. The molecule has 0 aromatic carbocycles. The van der Waals surface area contributed by atoms with E-state index in [0.717, 1.165) is 18.4 Å². The van der Waals surface area contributed by atoms with Gasteiger partial charge in [0.2, 0.25) is 11.8 Å². The van der Waals surface area contributed by atoms with Crippen LogP contribution >= 0.6 is 0 Å². The van der Waals surface area contributed by atoms with Crippen molar-refractivity contribution >= 4 is 11.8 Å². The van der Waals surface area contributed by atoms with E-state index >= 15 is 0 Å². The minimum absolute atomic E-state index is 0.0277. The second kappa shape index (κ2) is 6.88. The van der Waals surface area contributed by atoms with Crippen LogP contribution in [0, 0.1) is 5.92 Å². The summed E-state index contributed by atoms with van der Waals surface area (Å²) < 4.78 is 0. The zero-order valence-corrected chi connectivity index (χ0v) is 11.3. The number of aromatic amines is 1. The minimum atomic E-state index is -0.349. The van der Waals surface area contributed by atoms with Crippen molar-refractivity contribution in [3.05, 3.63) is 30.1 Å². The Balaban J connectivity index is 1.75. The summed E-state index contributed by atoms with van der Waals surface area (Å²) in [5.74, 6) is -0.670. The molecule has 0 saturated heterocycles. The summed E-state index contributed by atoms with van der Waals surface area (Å²) >= 11 is 0. The summed E-state index contributed by atoms with van der Waals surface area (Å²) in [4.78, 5) is 23.2. The number of hydrogen-bond acceptors (Lipinski definition) is 3. The Hall–Kier alpha value is -2.11. The van der Waals surface area contributed by atoms with Gasteiger partial charge in [-0.3, -0.25) is 14.7 Å². The van der Waals surface area contributed by atoms with Crippen LogP contribution in [0.5, 0.6) is 0 Å². The Bertz CT molecular complexity index is 481. The Kier molecular flexibility index (Phi) is 4.92. The second-order valence-electron chi connectivity index (χ2n) is 5.09. The van der Waals surface area contributed by atoms with Crippen molar-refractivity contribution in [3.63, 3.8) is 0 Å². The third kappa shape index (κ3) is 3.94. The molecule has 1 aromatic rings. The summed E-state index contributed by atoms with van der Waals surface area (Å²) in [7, 11) is 0. The second-order valence-corrected chi connectivity index (χ2v) is 5.09. The van der Waals surface area contributed by atoms with Crippen LogP contribution in [0.3, 0.4) is 0 Å². The van der Waals surface area contributed by atoms with E-state index in [1.165, 1.54) is 0 Å². The van der Waals surface area contributed by atoms with E-state index in [1.807, 2.05) is 18.3 Å². The summed E-state index contributed by atoms with van der Waals surface area (Å²) in [5.41, 5.74) is 6.45. The fraction of sp³-hybridized carbons (Fsp3) is 0.500. The molecule has 1 aromatic heterocycles. The minimum Gasteiger partial charge on any atom is -0.369 e. The van der Waals surface area contributed by atoms with E-state index in [4.69, 9.17) is 5.73 Å². The largest absolute Gasteiger partial charge is 0.369 e. The van der Waals surface area contributed by atoms with Gasteiger partial charge in [0.15, 0.2) is 0 Å². The molecule has 0 spiro atoms. The molecule has 2 amide bonds. The third-order valence-electron chi connectivity index (χ3n) is 3.57. The molecule has 0 aliphatic heterocycles. The highest BCUT2D eigenvalue weighted by Crippen LogP contribution is 2.19. The number of primary amides is 1. The van der Waals surface area contributed by atoms with E-state index in [-0.39, 0.29) is 23.8 Å². The number of aromatic nitrogens is 2. The van der Waals surface area contributed by atoms with Gasteiger partial charge in [0.25, 0.3) is 0 Å². The molecule has 2 rings (SSSR count). The third-order valence-corrected chi connectivity index (χ3v) is 3.57. The molecule has 20 heavy (non-hydrogen) atoms. The molecule has 0 saturated carbocycles. The monoisotopic (exact) mass is 276 g/mol. The first-order chi connectivity index (χ1) is 9.66. The fourth-order valence-electron chi connectivity index (χ4n) is 2.43. The average Bonchev–Trinajstić information content (AvgIpc) is 2.92. The van der Waals surface area contributed by atoms with Crippen LogP contribution < -0.4 is 11.1 Å². The molecule has 0 unspecified atom stereocenters. The quantitative estimate of drug-likeness (QED) is 0.665. The van der Waals surface area contributed by atoms with Gasteiger partial charge >= 0.3 is 0 Å². The SMILES string of the molecule is NC(=O)[C@@H]1CC=CC[C@H]1NC(=O)CCCc1cn[nH]c1. The van der Waals surface area contributed by atoms with E-state index in [0.29, 0.717) is 19.3 Å². The Morgan fingerprint density at radius 3 is 2.90 bits per heavy atom. The molecular formula is C14H20N4O2. The van der Waals surface area contributed by atoms with Gasteiger partial charge in [0.1, 0.15) is 0 Å². The van der Waals surface area contributed by atoms with Crippen molar-refractivity contribution in [3.8, 4) is 0 Å². The first-order valence-corrected chi connectivity index (χ1v) is 6.88. The van der Waals surface area contributed by atoms with Gasteiger partial charge in [0.05, 0.1) is 12.1 Å². The van der Waals surface area contributed by atoms with Gasteiger partial charge in [-0.25, -0.2) is 0 Å². The van der Waals surface area contributed by atoms with Gasteiger partial charge in [-0.2, -0.15) is 5.10 Å². The Morgan fingerprint density at radius 2 is 2.20 bits per heavy atom. The van der Waals surface area contributed by atoms with Crippen molar-refractivity contribution in [2.24, 2.45) is 11.7 Å². The van der Waals surface area contributed by atoms with Gasteiger partial charge < -0.3 is 11.1 Å². The maximum atomic E-state index is 11.9. The topological polar surface area (TPSA) is 101 Å². The predicted octanol–water partition coefficient (Wildman–Crippen LogP) is 0.669. The molecule has 1 heterocycles. The zero-order chi connectivity index (χ0) is 14.4. The lowest BCUT2D eigenvalue weighted by atomic mass is 9.88. The van der Waals surface area contributed by atoms with Crippen LogP contribution in [-0.4, -0.2) is 28.1 Å². The molecular weight excluding hydrogens is 256 g/mol. The number of carbonyl (C=O) groups excluding carboxylic acids is 2. The first kappa shape index (κ1) is 14.3. The lowest BCUT2D eigenvalue weighted by Crippen LogP contribution is -2.46. The van der Waals surface area contributed by atoms with E-state index in [1.54, 1.807) is 6.20 Å². The maximum absolute atomic E-state index is 11.9. The normalized spacial score (nSPS) is 21.6. The number of rotatable bonds is 6. The van der Waals surface area contributed by atoms with Crippen LogP contribution in [0.2, 0.25) is 0 Å². The fourth-order valence-corrected chi connectivity index (χ4v) is 2.43. The molecule has 1 aliphatic rings. The van der Waals surface area contributed by atoms with Crippen molar-refractivity contribution in [1.82, 2.24) is 15.5 Å². The number of hydrogen-bond donors (Lipinski definition) is 3. The number of nitrogens with one attached hydrogen (secondary N) is 2. The molecule has 0 fully saturated rings. The predicted molar refractivity (Wildman–Crippen MR) is 74.5 cm³/mol. The van der Waals surface area contributed by atoms with E-state index in [9.17, 15) is 9.59 Å². The van der Waals surface area contributed by atoms with Crippen LogP contribution in [0.25, 0.3) is 0 Å². The highest BCUT2D eigenvalue weighted by atomic mass is 16.2. The zero-order valence-electron chi connectivity index (χ0n) is 11.3.